The van der Waals surface area contributed by atoms with Gasteiger partial charge in [0, 0.05) is 13.3 Å². The van der Waals surface area contributed by atoms with Crippen LogP contribution in [0.25, 0.3) is 21.9 Å². The lowest BCUT2D eigenvalue weighted by Crippen LogP contribution is -2.49. The standard InChI is InChI=1S/C17H21FN10O8P2S3/c1-32-37(30,39)34-3-2-27-10(21-13(25-27)9-4-20-7-41-9)6-35-38(31,40)36-12-8(18)5-33-16(12)28-14-11(24-26-28)15(29)23-17(19)22-14/h4,7-8,12,16H,2-3,5-6H2,1H3,(H5,19,22,23,26,29,30,31,39,40)/p+1. The van der Waals surface area contributed by atoms with E-state index in [-0.39, 0.29) is 36.1 Å². The number of aromatic amines is 2. The van der Waals surface area contributed by atoms with E-state index in [1.807, 2.05) is 0 Å². The number of hydrogen-bond acceptors (Lipinski definition) is 15. The number of rotatable bonds is 12. The Morgan fingerprint density at radius 2 is 2.24 bits per heavy atom. The minimum atomic E-state index is -4.14. The molecule has 5 atom stereocenters. The maximum Gasteiger partial charge on any atom is 0.385 e. The summed E-state index contributed by atoms with van der Waals surface area (Å²) in [6.45, 7) is -8.56. The summed E-state index contributed by atoms with van der Waals surface area (Å²) in [6.07, 6.45) is -2.90. The number of ether oxygens (including phenoxy) is 1. The number of thiol groups is 1. The van der Waals surface area contributed by atoms with Gasteiger partial charge in [-0.25, -0.2) is 18.6 Å². The van der Waals surface area contributed by atoms with Crippen LogP contribution in [0.4, 0.5) is 10.3 Å². The summed E-state index contributed by atoms with van der Waals surface area (Å²) in [5.41, 5.74) is 6.46. The Balaban J connectivity index is 1.32. The number of nitrogens with zero attached hydrogens (tertiary/aromatic N) is 7. The number of alkyl halides is 1. The Labute approximate surface area is 243 Å². The van der Waals surface area contributed by atoms with Crippen LogP contribution in [0, 0.1) is 0 Å². The lowest BCUT2D eigenvalue weighted by atomic mass is 10.2. The number of nitrogen functional groups attached to an aromatic ring is 1. The second-order valence-corrected chi connectivity index (χ2v) is 14.9. The van der Waals surface area contributed by atoms with E-state index in [1.54, 1.807) is 11.7 Å². The number of H-pyrrole nitrogens is 2. The van der Waals surface area contributed by atoms with Crippen LogP contribution in [0.1, 0.15) is 12.1 Å². The molecule has 24 heteroatoms. The molecular formula is C17H22FN10O8P2S3+. The largest absolute Gasteiger partial charge is 0.385 e. The summed E-state index contributed by atoms with van der Waals surface area (Å²) in [4.78, 5) is 38.3. The van der Waals surface area contributed by atoms with E-state index in [4.69, 9.17) is 40.4 Å². The summed E-state index contributed by atoms with van der Waals surface area (Å²) < 4.78 is 55.7. The van der Waals surface area contributed by atoms with Crippen molar-refractivity contribution in [1.82, 2.24) is 40.0 Å². The van der Waals surface area contributed by atoms with Crippen molar-refractivity contribution in [3.05, 3.63) is 27.9 Å². The zero-order valence-electron chi connectivity index (χ0n) is 20.8. The van der Waals surface area contributed by atoms with E-state index in [1.165, 1.54) is 23.1 Å². The molecule has 1 saturated heterocycles. The molecule has 18 nitrogen and oxygen atoms in total. The first-order valence-electron chi connectivity index (χ1n) is 11.4. The molecule has 1 aliphatic rings. The van der Waals surface area contributed by atoms with E-state index < -0.39 is 50.8 Å². The predicted octanol–water partition coefficient (Wildman–Crippen LogP) is 0.617. The number of aromatic nitrogens is 9. The zero-order valence-corrected chi connectivity index (χ0v) is 25.1. The molecule has 1 aliphatic heterocycles. The van der Waals surface area contributed by atoms with Crippen molar-refractivity contribution < 1.29 is 41.4 Å². The van der Waals surface area contributed by atoms with Crippen molar-refractivity contribution in [2.24, 2.45) is 0 Å². The summed E-state index contributed by atoms with van der Waals surface area (Å²) >= 11 is 10.3. The van der Waals surface area contributed by atoms with E-state index in [9.17, 15) is 18.6 Å². The molecule has 5 N–H and O–H groups in total. The molecular weight excluding hydrogens is 649 g/mol. The second kappa shape index (κ2) is 12.2. The third-order valence-corrected chi connectivity index (χ3v) is 9.63. The first kappa shape index (κ1) is 30.2. The van der Waals surface area contributed by atoms with Gasteiger partial charge >= 0.3 is 30.2 Å². The summed E-state index contributed by atoms with van der Waals surface area (Å²) in [5.74, 6) is 0.294. The molecule has 0 aliphatic carbocycles. The van der Waals surface area contributed by atoms with Crippen molar-refractivity contribution in [3.63, 3.8) is 0 Å². The van der Waals surface area contributed by atoms with Crippen molar-refractivity contribution >= 4 is 66.0 Å². The lowest BCUT2D eigenvalue weighted by Gasteiger charge is -2.23. The molecule has 0 aromatic carbocycles. The van der Waals surface area contributed by atoms with Gasteiger partial charge in [-0.2, -0.15) is 0 Å². The molecule has 4 aromatic rings. The molecule has 0 saturated carbocycles. The fraction of sp³-hybridized carbons (Fsp3) is 0.471. The van der Waals surface area contributed by atoms with Gasteiger partial charge in [0.1, 0.15) is 6.61 Å². The molecule has 5 rings (SSSR count). The fourth-order valence-electron chi connectivity index (χ4n) is 3.68. The van der Waals surface area contributed by atoms with Gasteiger partial charge in [0.15, 0.2) is 23.9 Å². The monoisotopic (exact) mass is 671 g/mol. The van der Waals surface area contributed by atoms with Gasteiger partial charge in [0.25, 0.3) is 5.95 Å². The molecule has 1 fully saturated rings. The molecule has 41 heavy (non-hydrogen) atoms. The van der Waals surface area contributed by atoms with Crippen LogP contribution in [-0.2, 0) is 52.4 Å². The van der Waals surface area contributed by atoms with Crippen LogP contribution in [0.15, 0.2) is 16.5 Å². The van der Waals surface area contributed by atoms with Crippen molar-refractivity contribution in [3.8, 4) is 10.7 Å². The fourth-order valence-corrected chi connectivity index (χ4v) is 6.23. The van der Waals surface area contributed by atoms with Crippen LogP contribution >= 0.6 is 37.1 Å². The predicted molar refractivity (Wildman–Crippen MR) is 146 cm³/mol. The van der Waals surface area contributed by atoms with Gasteiger partial charge in [0.2, 0.25) is 6.23 Å². The van der Waals surface area contributed by atoms with Crippen LogP contribution in [0.2, 0.25) is 0 Å². The Hall–Kier alpha value is -2.23. The molecule has 0 radical (unpaired) electrons. The van der Waals surface area contributed by atoms with E-state index in [0.717, 1.165) is 4.68 Å². The quantitative estimate of drug-likeness (QED) is 0.0789. The van der Waals surface area contributed by atoms with Crippen LogP contribution < -0.4 is 16.0 Å². The lowest BCUT2D eigenvalue weighted by molar-refractivity contribution is -0.793. The van der Waals surface area contributed by atoms with Gasteiger partial charge in [0.05, 0.1) is 30.1 Å². The second-order valence-electron chi connectivity index (χ2n) is 8.18. The van der Waals surface area contributed by atoms with Crippen molar-refractivity contribution in [2.75, 3.05) is 26.1 Å². The first-order chi connectivity index (χ1) is 19.5. The average molecular weight is 672 g/mol. The van der Waals surface area contributed by atoms with Gasteiger partial charge in [-0.05, 0) is 16.9 Å². The number of halogens is 1. The molecule has 0 bridgehead atoms. The molecule has 5 unspecified atom stereocenters. The van der Waals surface area contributed by atoms with E-state index >= 15 is 0 Å². The number of nitrogens with one attached hydrogen (secondary N) is 2. The third kappa shape index (κ3) is 6.89. The van der Waals surface area contributed by atoms with Gasteiger partial charge in [-0.15, -0.1) is 26.3 Å². The number of fused-ring (bicyclic) bond motifs is 1. The molecule has 222 valence electrons. The third-order valence-electron chi connectivity index (χ3n) is 5.51. The Kier molecular flexibility index (Phi) is 8.98. The van der Waals surface area contributed by atoms with Crippen molar-refractivity contribution in [1.29, 1.82) is 0 Å². The summed E-state index contributed by atoms with van der Waals surface area (Å²) in [7, 11) is 1.19. The molecule has 0 amide bonds. The summed E-state index contributed by atoms with van der Waals surface area (Å²) in [5, 5.41) is 10.8. The Morgan fingerprint density at radius 3 is 2.98 bits per heavy atom. The highest BCUT2D eigenvalue weighted by atomic mass is 32.7. The number of hydrogen-bond donors (Lipinski definition) is 5. The molecule has 0 spiro atoms. The van der Waals surface area contributed by atoms with Gasteiger partial charge < -0.3 is 24.4 Å². The topological polar surface area (TPSA) is 231 Å². The zero-order chi connectivity index (χ0) is 29.4. The smallest absolute Gasteiger partial charge is 0.355 e. The molecule has 5 heterocycles. The summed E-state index contributed by atoms with van der Waals surface area (Å²) in [6, 6.07) is 0. The first-order valence-corrected chi connectivity index (χ1v) is 17.6. The maximum atomic E-state index is 14.9. The van der Waals surface area contributed by atoms with Crippen LogP contribution in [0.3, 0.4) is 0 Å². The average Bonchev–Trinajstić information content (AvgIpc) is 3.71. The highest BCUT2D eigenvalue weighted by Gasteiger charge is 2.47. The minimum absolute atomic E-state index is 0.0312. The van der Waals surface area contributed by atoms with Gasteiger partial charge in [-0.1, -0.05) is 17.2 Å². The Bertz CT molecular complexity index is 1690. The SMILES string of the molecule is COP(=O)(S)OCCn1nc(-c2cncs2)nc1COP(O)(=S)OC1C(F)COC1[n+]1[nH]nc2c(=O)[nH]c(N)nc21. The maximum absolute atomic E-state index is 14.9. The van der Waals surface area contributed by atoms with Gasteiger partial charge in [-0.3, -0.25) is 23.8 Å². The minimum Gasteiger partial charge on any atom is -0.355 e. The van der Waals surface area contributed by atoms with Crippen molar-refractivity contribution in [2.45, 2.75) is 31.7 Å². The highest BCUT2D eigenvalue weighted by Crippen LogP contribution is 2.52. The number of thiazole rings is 1. The highest BCUT2D eigenvalue weighted by molar-refractivity contribution is 8.44. The number of nitrogens with two attached hydrogens (primary N) is 1. The van der Waals surface area contributed by atoms with E-state index in [2.05, 4.69) is 47.6 Å². The number of anilines is 1. The Morgan fingerprint density at radius 1 is 1.44 bits per heavy atom. The van der Waals surface area contributed by atoms with E-state index in [0.29, 0.717) is 10.7 Å². The van der Waals surface area contributed by atoms with Crippen LogP contribution in [0.5, 0.6) is 0 Å². The normalized spacial score (nSPS) is 22.2. The molecule has 4 aromatic heterocycles. The van der Waals surface area contributed by atoms with Crippen LogP contribution in [-0.4, -0.2) is 77.5 Å².